The van der Waals surface area contributed by atoms with E-state index in [1.54, 1.807) is 31.6 Å². The summed E-state index contributed by atoms with van der Waals surface area (Å²) < 4.78 is 24.7. The lowest BCUT2D eigenvalue weighted by Gasteiger charge is -2.34. The Hall–Kier alpha value is -4.19. The zero-order chi connectivity index (χ0) is 32.9. The molecule has 2 saturated heterocycles. The van der Waals surface area contributed by atoms with Crippen LogP contribution in [0.25, 0.3) is 20.8 Å². The summed E-state index contributed by atoms with van der Waals surface area (Å²) in [6, 6.07) is 18.0. The van der Waals surface area contributed by atoms with Gasteiger partial charge < -0.3 is 33.6 Å². The van der Waals surface area contributed by atoms with Gasteiger partial charge in [0.15, 0.2) is 23.0 Å². The van der Waals surface area contributed by atoms with Crippen LogP contribution in [0.5, 0.6) is 23.0 Å². The third kappa shape index (κ3) is 7.13. The zero-order valence-corrected chi connectivity index (χ0v) is 28.5. The Balaban J connectivity index is 0.820. The average Bonchev–Trinajstić information content (AvgIpc) is 3.76. The highest BCUT2D eigenvalue weighted by molar-refractivity contribution is 7.21. The molecule has 252 valence electrons. The van der Waals surface area contributed by atoms with Gasteiger partial charge in [0, 0.05) is 63.7 Å². The minimum atomic E-state index is 0.0217. The molecular formula is C37H43N5O5S. The fourth-order valence-corrected chi connectivity index (χ4v) is 7.67. The Kier molecular flexibility index (Phi) is 10.1. The number of fused-ring (bicyclic) bond motifs is 3. The maximum atomic E-state index is 13.1. The van der Waals surface area contributed by atoms with Crippen molar-refractivity contribution in [2.45, 2.75) is 31.7 Å². The number of nitrogens with zero attached hydrogens (tertiary/aromatic N) is 5. The fraction of sp³-hybridized carbons (Fsp3) is 0.432. The second-order valence-electron chi connectivity index (χ2n) is 12.4. The molecule has 11 heteroatoms. The number of carbonyl (C=O) groups is 1. The number of aromatic nitrogens is 1. The van der Waals surface area contributed by atoms with Crippen LogP contribution in [0.3, 0.4) is 0 Å². The Morgan fingerprint density at radius 2 is 1.52 bits per heavy atom. The van der Waals surface area contributed by atoms with E-state index in [0.29, 0.717) is 36.0 Å². The molecular weight excluding hydrogens is 627 g/mol. The largest absolute Gasteiger partial charge is 0.493 e. The molecule has 1 aromatic heterocycles. The van der Waals surface area contributed by atoms with Crippen molar-refractivity contribution < 1.29 is 23.7 Å². The van der Waals surface area contributed by atoms with Gasteiger partial charge in [-0.3, -0.25) is 9.79 Å². The number of carbonyl (C=O) groups excluding carboxylic acids is 1. The summed E-state index contributed by atoms with van der Waals surface area (Å²) in [4.78, 5) is 29.4. The molecule has 0 saturated carbocycles. The highest BCUT2D eigenvalue weighted by atomic mass is 32.1. The van der Waals surface area contributed by atoms with E-state index in [0.717, 1.165) is 99.1 Å². The average molecular weight is 670 g/mol. The number of amides is 1. The number of methoxy groups -OCH3 is 2. The van der Waals surface area contributed by atoms with Crippen LogP contribution in [0, 0.1) is 0 Å². The van der Waals surface area contributed by atoms with E-state index in [9.17, 15) is 4.79 Å². The summed E-state index contributed by atoms with van der Waals surface area (Å²) in [5.41, 5.74) is 3.29. The van der Waals surface area contributed by atoms with Gasteiger partial charge in [-0.25, -0.2) is 4.98 Å². The standard InChI is InChI=1S/C37H43N5O5S/c1-44-32-22-26(36-39-29-9-3-4-10-35(29)48-36)11-12-31(32)46-20-6-13-40-16-18-41(19-17-40)14-7-21-47-34-24-30-28(23-33(34)45-2)37(43)42-15-5-8-27(42)25-38-30/h3-4,9-12,22-25,27H,5-8,13-21H2,1-2H3/t27-/m0/s1. The molecule has 4 aromatic rings. The smallest absolute Gasteiger partial charge is 0.256 e. The summed E-state index contributed by atoms with van der Waals surface area (Å²) in [7, 11) is 3.30. The minimum Gasteiger partial charge on any atom is -0.493 e. The van der Waals surface area contributed by atoms with E-state index in [1.807, 2.05) is 47.5 Å². The van der Waals surface area contributed by atoms with Crippen molar-refractivity contribution in [3.8, 4) is 33.6 Å². The Morgan fingerprint density at radius 1 is 0.812 bits per heavy atom. The van der Waals surface area contributed by atoms with Gasteiger partial charge in [0.05, 0.1) is 54.9 Å². The number of benzene rings is 3. The third-order valence-electron chi connectivity index (χ3n) is 9.38. The summed E-state index contributed by atoms with van der Waals surface area (Å²) in [5.74, 6) is 2.73. The number of hydrogen-bond donors (Lipinski definition) is 0. The number of para-hydroxylation sites is 1. The molecule has 3 aliphatic heterocycles. The highest BCUT2D eigenvalue weighted by Crippen LogP contribution is 2.39. The van der Waals surface area contributed by atoms with Gasteiger partial charge in [-0.1, -0.05) is 12.1 Å². The molecule has 3 aromatic carbocycles. The summed E-state index contributed by atoms with van der Waals surface area (Å²) in [6.45, 7) is 8.14. The van der Waals surface area contributed by atoms with Crippen molar-refractivity contribution in [3.63, 3.8) is 0 Å². The summed E-state index contributed by atoms with van der Waals surface area (Å²) in [6.07, 6.45) is 5.74. The normalized spacial score (nSPS) is 18.1. The lowest BCUT2D eigenvalue weighted by Crippen LogP contribution is -2.47. The molecule has 0 unspecified atom stereocenters. The van der Waals surface area contributed by atoms with Crippen LogP contribution in [0.2, 0.25) is 0 Å². The van der Waals surface area contributed by atoms with Gasteiger partial charge in [-0.05, 0) is 62.1 Å². The summed E-state index contributed by atoms with van der Waals surface area (Å²) in [5, 5.41) is 0.979. The molecule has 48 heavy (non-hydrogen) atoms. The molecule has 3 aliphatic rings. The Morgan fingerprint density at radius 3 is 2.25 bits per heavy atom. The maximum absolute atomic E-state index is 13.1. The maximum Gasteiger partial charge on any atom is 0.256 e. The van der Waals surface area contributed by atoms with Crippen LogP contribution in [-0.2, 0) is 0 Å². The predicted molar refractivity (Wildman–Crippen MR) is 190 cm³/mol. The first-order chi connectivity index (χ1) is 23.6. The van der Waals surface area contributed by atoms with Crippen molar-refractivity contribution in [2.24, 2.45) is 4.99 Å². The van der Waals surface area contributed by atoms with Crippen LogP contribution in [-0.4, -0.2) is 111 Å². The number of ether oxygens (including phenoxy) is 4. The first-order valence-corrected chi connectivity index (χ1v) is 17.7. The molecule has 0 N–H and O–H groups in total. The van der Waals surface area contributed by atoms with E-state index in [2.05, 4.69) is 26.9 Å². The molecule has 0 spiro atoms. The quantitative estimate of drug-likeness (QED) is 0.157. The van der Waals surface area contributed by atoms with Crippen molar-refractivity contribution >= 4 is 39.4 Å². The lowest BCUT2D eigenvalue weighted by atomic mass is 10.1. The van der Waals surface area contributed by atoms with Crippen molar-refractivity contribution in [2.75, 3.05) is 73.2 Å². The van der Waals surface area contributed by atoms with Crippen molar-refractivity contribution in [3.05, 3.63) is 60.2 Å². The second-order valence-corrected chi connectivity index (χ2v) is 13.5. The number of rotatable bonds is 13. The molecule has 1 atom stereocenters. The van der Waals surface area contributed by atoms with Crippen LogP contribution in [0.15, 0.2) is 59.6 Å². The molecule has 7 rings (SSSR count). The third-order valence-corrected chi connectivity index (χ3v) is 10.5. The number of hydrogen-bond acceptors (Lipinski definition) is 10. The van der Waals surface area contributed by atoms with Gasteiger partial charge in [-0.15, -0.1) is 11.3 Å². The van der Waals surface area contributed by atoms with E-state index >= 15 is 0 Å². The van der Waals surface area contributed by atoms with Crippen LogP contribution < -0.4 is 18.9 Å². The van der Waals surface area contributed by atoms with Gasteiger partial charge in [0.1, 0.15) is 5.01 Å². The van der Waals surface area contributed by atoms with Crippen molar-refractivity contribution in [1.29, 1.82) is 0 Å². The Bertz CT molecular complexity index is 1740. The number of piperazine rings is 1. The van der Waals surface area contributed by atoms with E-state index in [1.165, 1.54) is 4.70 Å². The molecule has 0 radical (unpaired) electrons. The fourth-order valence-electron chi connectivity index (χ4n) is 6.71. The molecule has 0 aliphatic carbocycles. The molecule has 2 fully saturated rings. The van der Waals surface area contributed by atoms with Gasteiger partial charge >= 0.3 is 0 Å². The van der Waals surface area contributed by atoms with Gasteiger partial charge in [0.25, 0.3) is 5.91 Å². The minimum absolute atomic E-state index is 0.0217. The van der Waals surface area contributed by atoms with E-state index in [4.69, 9.17) is 23.9 Å². The first kappa shape index (κ1) is 32.4. The molecule has 1 amide bonds. The van der Waals surface area contributed by atoms with Crippen LogP contribution >= 0.6 is 11.3 Å². The first-order valence-electron chi connectivity index (χ1n) is 16.9. The van der Waals surface area contributed by atoms with Crippen molar-refractivity contribution in [1.82, 2.24) is 19.7 Å². The monoisotopic (exact) mass is 669 g/mol. The number of thiazole rings is 1. The van der Waals surface area contributed by atoms with Crippen LogP contribution in [0.1, 0.15) is 36.0 Å². The highest BCUT2D eigenvalue weighted by Gasteiger charge is 2.32. The van der Waals surface area contributed by atoms with Gasteiger partial charge in [0.2, 0.25) is 0 Å². The van der Waals surface area contributed by atoms with Crippen LogP contribution in [0.4, 0.5) is 5.69 Å². The Labute approximate surface area is 285 Å². The molecule has 0 bridgehead atoms. The SMILES string of the molecule is COc1cc(-c2nc3ccccc3s2)ccc1OCCCN1CCN(CCCOc2cc3c(cc2OC)C(=O)N2CCC[C@H]2C=N3)CC1. The topological polar surface area (TPSA) is 89.0 Å². The van der Waals surface area contributed by atoms with E-state index in [-0.39, 0.29) is 11.9 Å². The molecule has 10 nitrogen and oxygen atoms in total. The predicted octanol–water partition coefficient (Wildman–Crippen LogP) is 6.16. The summed E-state index contributed by atoms with van der Waals surface area (Å²) >= 11 is 1.68. The molecule has 4 heterocycles. The number of aliphatic imine (C=N–C) groups is 1. The lowest BCUT2D eigenvalue weighted by molar-refractivity contribution is 0.0774. The van der Waals surface area contributed by atoms with Gasteiger partial charge in [-0.2, -0.15) is 0 Å². The van der Waals surface area contributed by atoms with E-state index < -0.39 is 0 Å². The zero-order valence-electron chi connectivity index (χ0n) is 27.7. The second kappa shape index (κ2) is 14.9.